The van der Waals surface area contributed by atoms with Crippen LogP contribution in [0.2, 0.25) is 0 Å². The Balaban J connectivity index is 2.47. The quantitative estimate of drug-likeness (QED) is 0.690. The van der Waals surface area contributed by atoms with Gasteiger partial charge in [-0.2, -0.15) is 0 Å². The third-order valence-corrected chi connectivity index (χ3v) is 1.89. The highest BCUT2D eigenvalue weighted by Gasteiger charge is 2.03. The minimum absolute atomic E-state index is 0.880. The zero-order valence-electron chi connectivity index (χ0n) is 7.38. The molecule has 0 bridgehead atoms. The molecule has 2 aromatic rings. The Bertz CT molecular complexity index is 380. The average Bonchev–Trinajstić information content (AvgIpc) is 2.67. The Morgan fingerprint density at radius 2 is 2.08 bits per heavy atom. The molecule has 66 valence electrons. The number of rotatable bonds is 2. The monoisotopic (exact) mass is 174 g/mol. The van der Waals surface area contributed by atoms with E-state index in [4.69, 9.17) is 0 Å². The van der Waals surface area contributed by atoms with Gasteiger partial charge in [0.15, 0.2) is 5.82 Å². The van der Waals surface area contributed by atoms with Crippen molar-refractivity contribution in [2.24, 2.45) is 0 Å². The van der Waals surface area contributed by atoms with Crippen LogP contribution in [-0.2, 0) is 6.54 Å². The molecule has 0 spiro atoms. The van der Waals surface area contributed by atoms with Crippen LogP contribution < -0.4 is 0 Å². The van der Waals surface area contributed by atoms with E-state index in [0.29, 0.717) is 0 Å². The molecule has 0 unspecified atom stereocenters. The van der Waals surface area contributed by atoms with E-state index in [9.17, 15) is 0 Å². The van der Waals surface area contributed by atoms with Gasteiger partial charge in [-0.15, -0.1) is 10.2 Å². The molecule has 0 amide bonds. The van der Waals surface area contributed by atoms with Crippen molar-refractivity contribution in [1.29, 1.82) is 0 Å². The third kappa shape index (κ3) is 1.42. The maximum absolute atomic E-state index is 4.04. The van der Waals surface area contributed by atoms with Gasteiger partial charge in [0.2, 0.25) is 0 Å². The van der Waals surface area contributed by atoms with Gasteiger partial charge in [0.1, 0.15) is 6.33 Å². The summed E-state index contributed by atoms with van der Waals surface area (Å²) >= 11 is 0. The summed E-state index contributed by atoms with van der Waals surface area (Å²) in [6, 6.07) is 3.85. The predicted molar refractivity (Wildman–Crippen MR) is 48.9 cm³/mol. The predicted octanol–water partition coefficient (Wildman–Crippen LogP) is 1.36. The first-order valence-electron chi connectivity index (χ1n) is 4.20. The number of hydrogen-bond acceptors (Lipinski definition) is 3. The molecule has 0 N–H and O–H groups in total. The van der Waals surface area contributed by atoms with Crippen molar-refractivity contribution in [3.05, 3.63) is 30.9 Å². The first kappa shape index (κ1) is 7.91. The standard InChI is InChI=1S/C9H10N4/c1-2-13-7-11-12-9(13)8-3-5-10-6-4-8/h3-7H,2H2,1H3. The zero-order chi connectivity index (χ0) is 9.10. The topological polar surface area (TPSA) is 43.6 Å². The van der Waals surface area contributed by atoms with Crippen molar-refractivity contribution in [2.45, 2.75) is 13.5 Å². The Morgan fingerprint density at radius 3 is 2.77 bits per heavy atom. The molecule has 0 saturated carbocycles. The Hall–Kier alpha value is -1.71. The number of aryl methyl sites for hydroxylation is 1. The summed E-state index contributed by atoms with van der Waals surface area (Å²) in [4.78, 5) is 3.95. The van der Waals surface area contributed by atoms with Crippen molar-refractivity contribution < 1.29 is 0 Å². The largest absolute Gasteiger partial charge is 0.314 e. The minimum atomic E-state index is 0.880. The maximum Gasteiger partial charge on any atom is 0.163 e. The van der Waals surface area contributed by atoms with Gasteiger partial charge in [-0.3, -0.25) is 4.98 Å². The van der Waals surface area contributed by atoms with Gasteiger partial charge in [0, 0.05) is 24.5 Å². The molecule has 2 heterocycles. The third-order valence-electron chi connectivity index (χ3n) is 1.89. The fourth-order valence-corrected chi connectivity index (χ4v) is 1.21. The van der Waals surface area contributed by atoms with Gasteiger partial charge in [-0.1, -0.05) is 0 Å². The number of hydrogen-bond donors (Lipinski definition) is 0. The second-order valence-corrected chi connectivity index (χ2v) is 2.68. The van der Waals surface area contributed by atoms with Crippen molar-refractivity contribution in [3.8, 4) is 11.4 Å². The Labute approximate surface area is 76.3 Å². The van der Waals surface area contributed by atoms with Crippen molar-refractivity contribution in [2.75, 3.05) is 0 Å². The van der Waals surface area contributed by atoms with E-state index in [1.54, 1.807) is 18.7 Å². The molecule has 4 heteroatoms. The second kappa shape index (κ2) is 3.35. The van der Waals surface area contributed by atoms with E-state index in [1.165, 1.54) is 0 Å². The van der Waals surface area contributed by atoms with E-state index < -0.39 is 0 Å². The summed E-state index contributed by atoms with van der Waals surface area (Å²) in [7, 11) is 0. The summed E-state index contributed by atoms with van der Waals surface area (Å²) in [5, 5.41) is 7.90. The number of aromatic nitrogens is 4. The first-order valence-corrected chi connectivity index (χ1v) is 4.20. The van der Waals surface area contributed by atoms with Crippen molar-refractivity contribution in [3.63, 3.8) is 0 Å². The highest BCUT2D eigenvalue weighted by Crippen LogP contribution is 2.14. The van der Waals surface area contributed by atoms with E-state index in [0.717, 1.165) is 17.9 Å². The van der Waals surface area contributed by atoms with Crippen LogP contribution in [0, 0.1) is 0 Å². The molecule has 0 fully saturated rings. The lowest BCUT2D eigenvalue weighted by Gasteiger charge is -2.01. The maximum atomic E-state index is 4.04. The highest BCUT2D eigenvalue weighted by molar-refractivity contribution is 5.53. The zero-order valence-corrected chi connectivity index (χ0v) is 7.38. The molecule has 4 nitrogen and oxygen atoms in total. The van der Waals surface area contributed by atoms with E-state index in [2.05, 4.69) is 22.1 Å². The molecule has 0 aromatic carbocycles. The SMILES string of the molecule is CCn1cnnc1-c1ccncc1. The van der Waals surface area contributed by atoms with Gasteiger partial charge in [-0.05, 0) is 19.1 Å². The van der Waals surface area contributed by atoms with E-state index >= 15 is 0 Å². The van der Waals surface area contributed by atoms with Crippen LogP contribution in [0.4, 0.5) is 0 Å². The fourth-order valence-electron chi connectivity index (χ4n) is 1.21. The van der Waals surface area contributed by atoms with Crippen LogP contribution in [0.15, 0.2) is 30.9 Å². The first-order chi connectivity index (χ1) is 6.42. The van der Waals surface area contributed by atoms with Crippen LogP contribution in [0.5, 0.6) is 0 Å². The lowest BCUT2D eigenvalue weighted by Crippen LogP contribution is -1.95. The van der Waals surface area contributed by atoms with Gasteiger partial charge >= 0.3 is 0 Å². The van der Waals surface area contributed by atoms with Gasteiger partial charge in [0.25, 0.3) is 0 Å². The molecular weight excluding hydrogens is 164 g/mol. The van der Waals surface area contributed by atoms with Gasteiger partial charge in [0.05, 0.1) is 0 Å². The molecule has 0 saturated heterocycles. The lowest BCUT2D eigenvalue weighted by atomic mass is 10.2. The lowest BCUT2D eigenvalue weighted by molar-refractivity contribution is 0.767. The Morgan fingerprint density at radius 1 is 1.31 bits per heavy atom. The van der Waals surface area contributed by atoms with Crippen LogP contribution in [-0.4, -0.2) is 19.7 Å². The summed E-state index contributed by atoms with van der Waals surface area (Å²) in [6.45, 7) is 2.94. The van der Waals surface area contributed by atoms with Gasteiger partial charge < -0.3 is 4.57 Å². The summed E-state index contributed by atoms with van der Waals surface area (Å²) < 4.78 is 2.00. The van der Waals surface area contributed by atoms with E-state index in [1.807, 2.05) is 16.7 Å². The normalized spacial score (nSPS) is 10.2. The Kier molecular flexibility index (Phi) is 2.04. The summed E-state index contributed by atoms with van der Waals surface area (Å²) in [6.07, 6.45) is 5.24. The molecule has 0 aliphatic carbocycles. The van der Waals surface area contributed by atoms with Crippen molar-refractivity contribution >= 4 is 0 Å². The molecule has 2 rings (SSSR count). The molecule has 0 radical (unpaired) electrons. The van der Waals surface area contributed by atoms with Crippen LogP contribution in [0.3, 0.4) is 0 Å². The smallest absolute Gasteiger partial charge is 0.163 e. The molecule has 0 aliphatic heterocycles. The molecule has 13 heavy (non-hydrogen) atoms. The molecular formula is C9H10N4. The fraction of sp³-hybridized carbons (Fsp3) is 0.222. The van der Waals surface area contributed by atoms with Crippen molar-refractivity contribution in [1.82, 2.24) is 19.7 Å². The number of nitrogens with zero attached hydrogens (tertiary/aromatic N) is 4. The van der Waals surface area contributed by atoms with Gasteiger partial charge in [-0.25, -0.2) is 0 Å². The summed E-state index contributed by atoms with van der Waals surface area (Å²) in [5.74, 6) is 0.893. The molecule has 0 atom stereocenters. The van der Waals surface area contributed by atoms with Crippen LogP contribution >= 0.6 is 0 Å². The minimum Gasteiger partial charge on any atom is -0.314 e. The number of pyridine rings is 1. The van der Waals surface area contributed by atoms with Crippen LogP contribution in [0.25, 0.3) is 11.4 Å². The second-order valence-electron chi connectivity index (χ2n) is 2.68. The van der Waals surface area contributed by atoms with Crippen LogP contribution in [0.1, 0.15) is 6.92 Å². The summed E-state index contributed by atoms with van der Waals surface area (Å²) in [5.41, 5.74) is 1.05. The molecule has 0 aliphatic rings. The highest BCUT2D eigenvalue weighted by atomic mass is 15.3. The van der Waals surface area contributed by atoms with E-state index in [-0.39, 0.29) is 0 Å². The average molecular weight is 174 g/mol. The molecule has 2 aromatic heterocycles.